The number of ether oxygens (including phenoxy) is 7. The molecule has 0 saturated heterocycles. The molecule has 13 heteroatoms. The van der Waals surface area contributed by atoms with Crippen LogP contribution in [0.15, 0.2) is 96.0 Å². The zero-order valence-electron chi connectivity index (χ0n) is 37.1. The highest BCUT2D eigenvalue weighted by molar-refractivity contribution is 7.22. The van der Waals surface area contributed by atoms with Crippen LogP contribution >= 0.6 is 22.7 Å². The summed E-state index contributed by atoms with van der Waals surface area (Å²) >= 11 is 3.32. The van der Waals surface area contributed by atoms with E-state index in [1.165, 1.54) is 0 Å². The largest absolute Gasteiger partial charge is 0.490 e. The van der Waals surface area contributed by atoms with Crippen molar-refractivity contribution in [3.8, 4) is 27.0 Å². The molecule has 0 spiro atoms. The number of carbonyl (C=O) groups excluding carboxylic acids is 1. The van der Waals surface area contributed by atoms with Crippen LogP contribution in [0, 0.1) is 13.8 Å². The Kier molecular flexibility index (Phi) is 18.2. The molecule has 1 aliphatic rings. The minimum Gasteiger partial charge on any atom is -0.490 e. The number of carbonyl (C=O) groups is 1. The zero-order valence-corrected chi connectivity index (χ0v) is 38.7. The van der Waals surface area contributed by atoms with Gasteiger partial charge in [-0.25, -0.2) is 4.79 Å². The number of esters is 1. The smallest absolute Gasteiger partial charge is 0.333 e. The first-order chi connectivity index (χ1) is 30.7. The van der Waals surface area contributed by atoms with E-state index in [9.17, 15) is 4.79 Å². The standard InChI is InChI=1S/C50H59N3O8S2/c1-7-52-21-25-57-30-29-56-24-20-51-42-15-8-37(4)32-45(42)58-26-22-53(23-27-59-46-33-38(5)9-16-43(46)52)44-17-11-39(34-47(44)60-31-28-55-6)10-12-40-13-18-48(62-40)49-19-14-41(63-49)35-61-50(54)36(2)3/h8-20,32-34H,2,7,21-31,35H2,1,3-6H3/b12-10+,51-20?. The SMILES string of the molecule is C=C(C)C(=O)OCc1ccc(-c2ccc(/C=C/c3ccc(N4CCOc5cc(C)ccc5N=CCOCCOCCN(CC)c5ccc(C)cc5OCC4)c(OCCOC)c3)s2)s1. The molecule has 3 aromatic carbocycles. The fourth-order valence-corrected chi connectivity index (χ4v) is 8.61. The van der Waals surface area contributed by atoms with Crippen LogP contribution in [0.25, 0.3) is 21.9 Å². The van der Waals surface area contributed by atoms with Gasteiger partial charge in [-0.1, -0.05) is 30.9 Å². The summed E-state index contributed by atoms with van der Waals surface area (Å²) in [4.78, 5) is 25.5. The molecule has 0 unspecified atom stereocenters. The summed E-state index contributed by atoms with van der Waals surface area (Å²) in [5.41, 5.74) is 6.29. The Labute approximate surface area is 380 Å². The zero-order chi connectivity index (χ0) is 44.4. The molecule has 1 aliphatic heterocycles. The van der Waals surface area contributed by atoms with Crippen molar-refractivity contribution in [3.63, 3.8) is 0 Å². The molecule has 0 saturated carbocycles. The first-order valence-corrected chi connectivity index (χ1v) is 22.9. The maximum absolute atomic E-state index is 11.9. The predicted octanol–water partition coefficient (Wildman–Crippen LogP) is 10.4. The number of hydrogen-bond donors (Lipinski definition) is 0. The quantitative estimate of drug-likeness (QED) is 0.0684. The first-order valence-electron chi connectivity index (χ1n) is 21.3. The van der Waals surface area contributed by atoms with Gasteiger partial charge in [-0.2, -0.15) is 0 Å². The van der Waals surface area contributed by atoms with E-state index in [2.05, 4.69) is 102 Å². The molecule has 11 nitrogen and oxygen atoms in total. The van der Waals surface area contributed by atoms with Crippen LogP contribution in [0.5, 0.6) is 17.2 Å². The number of nitrogens with zero attached hydrogens (tertiary/aromatic N) is 3. The number of methoxy groups -OCH3 is 1. The summed E-state index contributed by atoms with van der Waals surface area (Å²) in [6.45, 7) is 18.0. The van der Waals surface area contributed by atoms with E-state index in [1.54, 1.807) is 42.9 Å². The van der Waals surface area contributed by atoms with Gasteiger partial charge in [-0.3, -0.25) is 4.99 Å². The number of rotatable bonds is 12. The molecule has 0 fully saturated rings. The minimum absolute atomic E-state index is 0.233. The number of aryl methyl sites for hydroxylation is 2. The highest BCUT2D eigenvalue weighted by atomic mass is 32.1. The van der Waals surface area contributed by atoms with Crippen LogP contribution in [0.3, 0.4) is 0 Å². The summed E-state index contributed by atoms with van der Waals surface area (Å²) in [6, 6.07) is 27.0. The molecular weight excluding hydrogens is 835 g/mol. The molecule has 0 amide bonds. The second kappa shape index (κ2) is 24.4. The van der Waals surface area contributed by atoms with E-state index in [4.69, 9.17) is 33.2 Å². The molecule has 0 N–H and O–H groups in total. The van der Waals surface area contributed by atoms with Gasteiger partial charge in [-0.05, 0) is 111 Å². The minimum atomic E-state index is -0.382. The lowest BCUT2D eigenvalue weighted by Crippen LogP contribution is -2.33. The van der Waals surface area contributed by atoms with Gasteiger partial charge in [0, 0.05) is 51.5 Å². The summed E-state index contributed by atoms with van der Waals surface area (Å²) in [7, 11) is 1.67. The van der Waals surface area contributed by atoms with E-state index in [-0.39, 0.29) is 12.6 Å². The van der Waals surface area contributed by atoms with Crippen LogP contribution in [0.4, 0.5) is 17.1 Å². The van der Waals surface area contributed by atoms with E-state index >= 15 is 0 Å². The van der Waals surface area contributed by atoms with Gasteiger partial charge in [-0.15, -0.1) is 22.7 Å². The molecule has 0 radical (unpaired) electrons. The highest BCUT2D eigenvalue weighted by Crippen LogP contribution is 2.36. The summed E-state index contributed by atoms with van der Waals surface area (Å²) in [5.74, 6) is 1.89. The number of likely N-dealkylation sites (N-methyl/N-ethyl adjacent to an activating group) is 1. The monoisotopic (exact) mass is 893 g/mol. The van der Waals surface area contributed by atoms with E-state index in [1.807, 2.05) is 31.2 Å². The van der Waals surface area contributed by atoms with Gasteiger partial charge < -0.3 is 43.0 Å². The Morgan fingerprint density at radius 3 is 2.32 bits per heavy atom. The molecule has 0 bridgehead atoms. The average molecular weight is 894 g/mol. The van der Waals surface area contributed by atoms with Crippen molar-refractivity contribution < 1.29 is 38.0 Å². The fourth-order valence-electron chi connectivity index (χ4n) is 6.69. The Balaban J connectivity index is 1.25. The van der Waals surface area contributed by atoms with E-state index < -0.39 is 0 Å². The molecule has 0 atom stereocenters. The van der Waals surface area contributed by atoms with Gasteiger partial charge in [0.15, 0.2) is 0 Å². The fraction of sp³-hybridized carbons (Fsp3) is 0.360. The number of benzene rings is 3. The molecule has 2 aromatic heterocycles. The second-order valence-electron chi connectivity index (χ2n) is 14.9. The summed E-state index contributed by atoms with van der Waals surface area (Å²) in [6.07, 6.45) is 5.99. The van der Waals surface area contributed by atoms with Crippen molar-refractivity contribution in [2.24, 2.45) is 4.99 Å². The number of hydrogen-bond acceptors (Lipinski definition) is 13. The van der Waals surface area contributed by atoms with Crippen LogP contribution in [0.2, 0.25) is 0 Å². The number of anilines is 2. The third kappa shape index (κ3) is 14.3. The van der Waals surface area contributed by atoms with E-state index in [0.717, 1.165) is 77.8 Å². The number of aliphatic imine (C=N–C) groups is 1. The molecule has 334 valence electrons. The Bertz CT molecular complexity index is 2320. The lowest BCUT2D eigenvalue weighted by atomic mass is 10.1. The van der Waals surface area contributed by atoms with Crippen molar-refractivity contribution in [1.29, 1.82) is 0 Å². The van der Waals surface area contributed by atoms with Crippen molar-refractivity contribution in [2.45, 2.75) is 34.3 Å². The van der Waals surface area contributed by atoms with Crippen molar-refractivity contribution in [2.75, 3.05) is 95.9 Å². The molecule has 0 aliphatic carbocycles. The van der Waals surface area contributed by atoms with Gasteiger partial charge in [0.1, 0.15) is 49.4 Å². The third-order valence-corrected chi connectivity index (χ3v) is 12.3. The van der Waals surface area contributed by atoms with Crippen LogP contribution in [0.1, 0.15) is 40.3 Å². The van der Waals surface area contributed by atoms with E-state index in [0.29, 0.717) is 77.3 Å². The van der Waals surface area contributed by atoms with Crippen molar-refractivity contribution in [3.05, 3.63) is 117 Å². The molecular formula is C50H59N3O8S2. The van der Waals surface area contributed by atoms with Crippen LogP contribution < -0.4 is 24.0 Å². The van der Waals surface area contributed by atoms with Gasteiger partial charge in [0.05, 0.1) is 57.5 Å². The predicted molar refractivity (Wildman–Crippen MR) is 258 cm³/mol. The maximum Gasteiger partial charge on any atom is 0.333 e. The van der Waals surface area contributed by atoms with Gasteiger partial charge in [0.25, 0.3) is 0 Å². The molecule has 5 aromatic rings. The Morgan fingerprint density at radius 1 is 0.794 bits per heavy atom. The molecule has 63 heavy (non-hydrogen) atoms. The lowest BCUT2D eigenvalue weighted by Gasteiger charge is -2.29. The van der Waals surface area contributed by atoms with Crippen LogP contribution in [-0.2, 0) is 30.3 Å². The van der Waals surface area contributed by atoms with Crippen LogP contribution in [-0.4, -0.2) is 98.3 Å². The lowest BCUT2D eigenvalue weighted by molar-refractivity contribution is -0.140. The number of thiophene rings is 2. The number of fused-ring (bicyclic) bond motifs is 2. The summed E-state index contributed by atoms with van der Waals surface area (Å²) < 4.78 is 42.0. The van der Waals surface area contributed by atoms with Gasteiger partial charge in [0.2, 0.25) is 0 Å². The topological polar surface area (TPSA) is 101 Å². The molecule has 3 heterocycles. The van der Waals surface area contributed by atoms with Crippen molar-refractivity contribution >= 4 is 64.1 Å². The molecule has 6 rings (SSSR count). The first kappa shape index (κ1) is 47.0. The second-order valence-corrected chi connectivity index (χ2v) is 17.2. The van der Waals surface area contributed by atoms with Crippen molar-refractivity contribution in [1.82, 2.24) is 0 Å². The highest BCUT2D eigenvalue weighted by Gasteiger charge is 2.18. The van der Waals surface area contributed by atoms with Gasteiger partial charge >= 0.3 is 5.97 Å². The summed E-state index contributed by atoms with van der Waals surface area (Å²) in [5, 5.41) is 0. The normalized spacial score (nSPS) is 14.6. The average Bonchev–Trinajstić information content (AvgIpc) is 3.96. The third-order valence-electron chi connectivity index (χ3n) is 10.0. The Hall–Kier alpha value is -5.44. The Morgan fingerprint density at radius 2 is 1.52 bits per heavy atom. The maximum atomic E-state index is 11.9.